The minimum atomic E-state index is -0.922. The molecular formula is C33H37N9O3. The largest absolute Gasteiger partial charge is 0.366 e. The number of aryl methyl sites for hydroxylation is 2. The fourth-order valence-electron chi connectivity index (χ4n) is 8.46. The summed E-state index contributed by atoms with van der Waals surface area (Å²) in [5, 5.41) is 29.1. The molecule has 0 spiro atoms. The van der Waals surface area contributed by atoms with E-state index in [1.54, 1.807) is 17.0 Å². The van der Waals surface area contributed by atoms with Crippen LogP contribution in [0.2, 0.25) is 0 Å². The maximum Gasteiger partial charge on any atom is 0.248 e. The predicted molar refractivity (Wildman–Crippen MR) is 163 cm³/mol. The van der Waals surface area contributed by atoms with E-state index in [0.717, 1.165) is 67.2 Å². The van der Waals surface area contributed by atoms with E-state index in [2.05, 4.69) is 32.0 Å². The SMILES string of the molecule is N#CC1C[C@@H]2C[C@@H]2N1C(=O)CNC1(CC2(c3nnn[nH]3)c3ccc(C(N)=O)cc3CCc3cc(C(N)=O)ccc32)CCCCC1. The van der Waals surface area contributed by atoms with Gasteiger partial charge in [0.1, 0.15) is 6.04 Å². The molecule has 3 aliphatic carbocycles. The molecule has 2 aromatic carbocycles. The molecule has 3 amide bonds. The summed E-state index contributed by atoms with van der Waals surface area (Å²) in [7, 11) is 0. The summed E-state index contributed by atoms with van der Waals surface area (Å²) in [4.78, 5) is 40.0. The van der Waals surface area contributed by atoms with Gasteiger partial charge in [0.25, 0.3) is 0 Å². The Labute approximate surface area is 260 Å². The van der Waals surface area contributed by atoms with Crippen molar-refractivity contribution in [3.8, 4) is 6.07 Å². The topological polar surface area (TPSA) is 197 Å². The molecule has 0 radical (unpaired) electrons. The van der Waals surface area contributed by atoms with Gasteiger partial charge in [-0.05, 0) is 108 Å². The van der Waals surface area contributed by atoms with Gasteiger partial charge in [-0.1, -0.05) is 31.4 Å². The molecule has 12 nitrogen and oxygen atoms in total. The van der Waals surface area contributed by atoms with E-state index >= 15 is 0 Å². The van der Waals surface area contributed by atoms with Crippen LogP contribution in [-0.2, 0) is 23.1 Å². The number of amides is 3. The van der Waals surface area contributed by atoms with Gasteiger partial charge in [-0.2, -0.15) is 5.26 Å². The Morgan fingerprint density at radius 2 is 1.62 bits per heavy atom. The highest BCUT2D eigenvalue weighted by molar-refractivity contribution is 5.94. The number of hydrogen-bond acceptors (Lipinski definition) is 8. The molecule has 2 saturated carbocycles. The quantitative estimate of drug-likeness (QED) is 0.298. The maximum atomic E-state index is 13.7. The molecule has 3 aromatic rings. The summed E-state index contributed by atoms with van der Waals surface area (Å²) < 4.78 is 0. The van der Waals surface area contributed by atoms with Gasteiger partial charge in [-0.3, -0.25) is 14.4 Å². The minimum Gasteiger partial charge on any atom is -0.366 e. The van der Waals surface area contributed by atoms with Crippen molar-refractivity contribution in [3.63, 3.8) is 0 Å². The molecular weight excluding hydrogens is 570 g/mol. The van der Waals surface area contributed by atoms with Crippen LogP contribution in [0, 0.1) is 17.2 Å². The number of H-pyrrole nitrogens is 1. The number of aromatic nitrogens is 4. The molecule has 1 saturated heterocycles. The summed E-state index contributed by atoms with van der Waals surface area (Å²) in [6.45, 7) is 0.132. The van der Waals surface area contributed by atoms with E-state index in [-0.39, 0.29) is 24.5 Å². The van der Waals surface area contributed by atoms with Gasteiger partial charge in [0, 0.05) is 22.7 Å². The summed E-state index contributed by atoms with van der Waals surface area (Å²) in [6, 6.07) is 13.2. The van der Waals surface area contributed by atoms with Gasteiger partial charge in [0.05, 0.1) is 18.0 Å². The molecule has 45 heavy (non-hydrogen) atoms. The lowest BCUT2D eigenvalue weighted by atomic mass is 9.62. The van der Waals surface area contributed by atoms with Crippen molar-refractivity contribution in [3.05, 3.63) is 75.6 Å². The van der Waals surface area contributed by atoms with Gasteiger partial charge in [-0.15, -0.1) is 5.10 Å². The highest BCUT2D eigenvalue weighted by Gasteiger charge is 2.55. The number of carbonyl (C=O) groups excluding carboxylic acids is 3. The Morgan fingerprint density at radius 3 is 2.18 bits per heavy atom. The number of primary amides is 2. The second-order valence-corrected chi connectivity index (χ2v) is 13.2. The van der Waals surface area contributed by atoms with Crippen molar-refractivity contribution in [2.24, 2.45) is 17.4 Å². The van der Waals surface area contributed by atoms with E-state index < -0.39 is 22.8 Å². The third-order valence-electron chi connectivity index (χ3n) is 10.7. The van der Waals surface area contributed by atoms with Crippen molar-refractivity contribution < 1.29 is 14.4 Å². The summed E-state index contributed by atoms with van der Waals surface area (Å²) in [6.07, 6.45) is 8.19. The zero-order valence-electron chi connectivity index (χ0n) is 25.1. The Balaban J connectivity index is 1.36. The molecule has 2 heterocycles. The van der Waals surface area contributed by atoms with Crippen LogP contribution in [0.3, 0.4) is 0 Å². The van der Waals surface area contributed by atoms with Gasteiger partial charge >= 0.3 is 0 Å². The second kappa shape index (κ2) is 11.1. The summed E-state index contributed by atoms with van der Waals surface area (Å²) in [5.41, 5.74) is 14.6. The Morgan fingerprint density at radius 1 is 0.978 bits per heavy atom. The van der Waals surface area contributed by atoms with Crippen LogP contribution < -0.4 is 16.8 Å². The standard InChI is InChI=1S/C33H37N9O3/c34-16-24-14-23-15-27(23)42(24)28(43)17-37-32(10-2-1-3-11-32)18-33(31-38-40-41-39-31)25-8-6-21(29(35)44)12-19(25)4-5-20-13-22(30(36)45)7-9-26(20)33/h6-9,12-13,23-24,27,37H,1-5,10-11,14-15,17-18H2,(H2,35,44)(H2,36,45)(H,38,39,40,41)/t23-,24?,27+/m1/s1. The number of hydrogen-bond donors (Lipinski definition) is 4. The van der Waals surface area contributed by atoms with Gasteiger partial charge in [0.15, 0.2) is 5.82 Å². The number of benzene rings is 2. The smallest absolute Gasteiger partial charge is 0.248 e. The zero-order chi connectivity index (χ0) is 31.3. The number of rotatable bonds is 8. The predicted octanol–water partition coefficient (Wildman–Crippen LogP) is 2.03. The number of piperidine rings is 1. The molecule has 1 aliphatic heterocycles. The van der Waals surface area contributed by atoms with Gasteiger partial charge < -0.3 is 21.7 Å². The molecule has 3 fully saturated rings. The Kier molecular flexibility index (Phi) is 7.16. The average Bonchev–Trinajstić information content (AvgIpc) is 3.42. The highest BCUT2D eigenvalue weighted by Crippen LogP contribution is 2.51. The monoisotopic (exact) mass is 607 g/mol. The Hall–Kier alpha value is -4.63. The van der Waals surface area contributed by atoms with Gasteiger partial charge in [-0.25, -0.2) is 5.10 Å². The molecule has 0 bridgehead atoms. The number of nitriles is 1. The number of tetrazole rings is 1. The first-order valence-corrected chi connectivity index (χ1v) is 15.8. The lowest BCUT2D eigenvalue weighted by molar-refractivity contribution is -0.131. The van der Waals surface area contributed by atoms with Crippen LogP contribution >= 0.6 is 0 Å². The van der Waals surface area contributed by atoms with Crippen LogP contribution in [0.1, 0.15) is 100 Å². The number of aromatic amines is 1. The number of fused-ring (bicyclic) bond motifs is 3. The van der Waals surface area contributed by atoms with Crippen molar-refractivity contribution in [1.29, 1.82) is 5.26 Å². The van der Waals surface area contributed by atoms with Gasteiger partial charge in [0.2, 0.25) is 17.7 Å². The molecule has 1 aromatic heterocycles. The first-order chi connectivity index (χ1) is 21.7. The zero-order valence-corrected chi connectivity index (χ0v) is 25.1. The normalized spacial score (nSPS) is 24.0. The fraction of sp³-hybridized carbons (Fsp3) is 0.485. The van der Waals surface area contributed by atoms with Crippen LogP contribution in [0.15, 0.2) is 36.4 Å². The van der Waals surface area contributed by atoms with Crippen molar-refractivity contribution in [2.75, 3.05) is 6.54 Å². The first kappa shape index (κ1) is 29.1. The summed E-state index contributed by atoms with van der Waals surface area (Å²) >= 11 is 0. The summed E-state index contributed by atoms with van der Waals surface area (Å²) in [5.74, 6) is -0.0813. The Bertz CT molecular complexity index is 1640. The van der Waals surface area contributed by atoms with Crippen LogP contribution in [0.4, 0.5) is 0 Å². The van der Waals surface area contributed by atoms with Crippen molar-refractivity contribution >= 4 is 17.7 Å². The maximum absolute atomic E-state index is 13.7. The molecule has 232 valence electrons. The van der Waals surface area contributed by atoms with Crippen molar-refractivity contribution in [2.45, 2.75) is 87.2 Å². The van der Waals surface area contributed by atoms with Crippen molar-refractivity contribution in [1.82, 2.24) is 30.8 Å². The van der Waals surface area contributed by atoms with E-state index in [0.29, 0.717) is 42.1 Å². The minimum absolute atomic E-state index is 0.0363. The number of nitrogens with zero attached hydrogens (tertiary/aromatic N) is 5. The number of carbonyl (C=O) groups is 3. The molecule has 1 unspecified atom stereocenters. The molecule has 6 N–H and O–H groups in total. The molecule has 7 rings (SSSR count). The number of nitrogens with one attached hydrogen (secondary N) is 2. The average molecular weight is 608 g/mol. The highest BCUT2D eigenvalue weighted by atomic mass is 16.2. The third kappa shape index (κ3) is 4.95. The lowest BCUT2D eigenvalue weighted by Crippen LogP contribution is -2.55. The number of likely N-dealkylation sites (tertiary alicyclic amines) is 1. The molecule has 12 heteroatoms. The van der Waals surface area contributed by atoms with Crippen LogP contribution in [0.5, 0.6) is 0 Å². The van der Waals surface area contributed by atoms with Crippen LogP contribution in [-0.4, -0.2) is 67.4 Å². The number of nitrogens with two attached hydrogens (primary N) is 2. The second-order valence-electron chi connectivity index (χ2n) is 13.2. The first-order valence-electron chi connectivity index (χ1n) is 15.8. The van der Waals surface area contributed by atoms with E-state index in [1.165, 1.54) is 0 Å². The fourth-order valence-corrected chi connectivity index (χ4v) is 8.46. The molecule has 4 aliphatic rings. The van der Waals surface area contributed by atoms with E-state index in [1.807, 2.05) is 24.3 Å². The van der Waals surface area contributed by atoms with E-state index in [9.17, 15) is 19.6 Å². The lowest BCUT2D eigenvalue weighted by Gasteiger charge is -2.46. The molecule has 3 atom stereocenters. The van der Waals surface area contributed by atoms with Crippen LogP contribution in [0.25, 0.3) is 0 Å². The third-order valence-corrected chi connectivity index (χ3v) is 10.7. The van der Waals surface area contributed by atoms with E-state index in [4.69, 9.17) is 11.5 Å².